The van der Waals surface area contributed by atoms with Gasteiger partial charge < -0.3 is 0 Å². The van der Waals surface area contributed by atoms with E-state index in [0.717, 1.165) is 4.47 Å². The summed E-state index contributed by atoms with van der Waals surface area (Å²) in [6, 6.07) is 3.69. The molecule has 0 fully saturated rings. The number of pyridine rings is 1. The maximum atomic E-state index is 8.43. The van der Waals surface area contributed by atoms with Gasteiger partial charge in [0.2, 0.25) is 0 Å². The number of hydrogen-bond acceptors (Lipinski definition) is 2. The van der Waals surface area contributed by atoms with Gasteiger partial charge in [-0.2, -0.15) is 5.26 Å². The highest BCUT2D eigenvalue weighted by atomic mass is 79.9. The molecule has 0 atom stereocenters. The van der Waals surface area contributed by atoms with Crippen molar-refractivity contribution >= 4 is 31.9 Å². The fraction of sp³-hybridized carbons (Fsp3) is 0. The summed E-state index contributed by atoms with van der Waals surface area (Å²) in [5, 5.41) is 8.43. The minimum Gasteiger partial charge on any atom is -0.247 e. The maximum absolute atomic E-state index is 8.43. The minimum absolute atomic E-state index is 0.551. The third kappa shape index (κ3) is 1.55. The Balaban J connectivity index is 3.20. The zero-order chi connectivity index (χ0) is 7.56. The van der Waals surface area contributed by atoms with Gasteiger partial charge in [-0.15, -0.1) is 0 Å². The molecule has 0 N–H and O–H groups in total. The number of hydrogen-bond donors (Lipinski definition) is 0. The quantitative estimate of drug-likeness (QED) is 0.673. The predicted octanol–water partition coefficient (Wildman–Crippen LogP) is 2.48. The molecule has 0 bridgehead atoms. The molecule has 10 heavy (non-hydrogen) atoms. The van der Waals surface area contributed by atoms with E-state index in [4.69, 9.17) is 5.26 Å². The Morgan fingerprint density at radius 3 is 2.70 bits per heavy atom. The molecule has 0 saturated heterocycles. The lowest BCUT2D eigenvalue weighted by Crippen LogP contribution is -1.79. The van der Waals surface area contributed by atoms with Crippen molar-refractivity contribution in [1.82, 2.24) is 4.98 Å². The van der Waals surface area contributed by atoms with Crippen molar-refractivity contribution in [3.63, 3.8) is 0 Å². The highest BCUT2D eigenvalue weighted by Gasteiger charge is 1.97. The molecular weight excluding hydrogens is 260 g/mol. The van der Waals surface area contributed by atoms with E-state index >= 15 is 0 Å². The van der Waals surface area contributed by atoms with Crippen LogP contribution in [0.4, 0.5) is 0 Å². The number of halogens is 2. The third-order valence-corrected chi connectivity index (χ3v) is 2.69. The highest BCUT2D eigenvalue weighted by Crippen LogP contribution is 2.20. The second kappa shape index (κ2) is 3.13. The fourth-order valence-corrected chi connectivity index (χ4v) is 1.05. The van der Waals surface area contributed by atoms with Gasteiger partial charge >= 0.3 is 0 Å². The number of nitriles is 1. The molecule has 0 spiro atoms. The topological polar surface area (TPSA) is 36.7 Å². The van der Waals surface area contributed by atoms with Gasteiger partial charge in [0.25, 0.3) is 0 Å². The fourth-order valence-electron chi connectivity index (χ4n) is 0.482. The van der Waals surface area contributed by atoms with Crippen LogP contribution in [0.15, 0.2) is 21.3 Å². The maximum Gasteiger partial charge on any atom is 0.120 e. The second-order valence-corrected chi connectivity index (χ2v) is 3.21. The molecule has 2 nitrogen and oxygen atoms in total. The van der Waals surface area contributed by atoms with Crippen molar-refractivity contribution in [1.29, 1.82) is 5.26 Å². The van der Waals surface area contributed by atoms with Gasteiger partial charge in [-0.05, 0) is 37.9 Å². The average molecular weight is 262 g/mol. The van der Waals surface area contributed by atoms with E-state index in [2.05, 4.69) is 36.8 Å². The summed E-state index contributed by atoms with van der Waals surface area (Å²) >= 11 is 6.42. The molecule has 4 heteroatoms. The first-order chi connectivity index (χ1) is 4.74. The Kier molecular flexibility index (Phi) is 2.41. The highest BCUT2D eigenvalue weighted by molar-refractivity contribution is 9.13. The molecule has 50 valence electrons. The Bertz CT molecular complexity index is 290. The smallest absolute Gasteiger partial charge is 0.120 e. The van der Waals surface area contributed by atoms with Gasteiger partial charge in [-0.3, -0.25) is 0 Å². The summed E-state index contributed by atoms with van der Waals surface area (Å²) < 4.78 is 1.51. The first-order valence-corrected chi connectivity index (χ1v) is 4.04. The summed E-state index contributed by atoms with van der Waals surface area (Å²) in [5.41, 5.74) is 0.551. The molecule has 0 aliphatic heterocycles. The second-order valence-electron chi connectivity index (χ2n) is 1.61. The Hall–Kier alpha value is -0.400. The van der Waals surface area contributed by atoms with Gasteiger partial charge in [0.05, 0.1) is 10.0 Å². The van der Waals surface area contributed by atoms with Gasteiger partial charge in [0, 0.05) is 6.20 Å². The number of nitrogens with zero attached hydrogens (tertiary/aromatic N) is 2. The number of aromatic nitrogens is 1. The summed E-state index contributed by atoms with van der Waals surface area (Å²) in [7, 11) is 0. The van der Waals surface area contributed by atoms with Crippen molar-refractivity contribution < 1.29 is 0 Å². The molecule has 1 aromatic heterocycles. The van der Waals surface area contributed by atoms with E-state index < -0.39 is 0 Å². The molecule has 1 rings (SSSR count). The monoisotopic (exact) mass is 260 g/mol. The Morgan fingerprint density at radius 2 is 2.20 bits per heavy atom. The van der Waals surface area contributed by atoms with Crippen LogP contribution in [0.3, 0.4) is 0 Å². The summed E-state index contributed by atoms with van der Waals surface area (Å²) in [4.78, 5) is 3.90. The van der Waals surface area contributed by atoms with Crippen molar-refractivity contribution in [2.75, 3.05) is 0 Å². The van der Waals surface area contributed by atoms with E-state index in [0.29, 0.717) is 10.2 Å². The summed E-state index contributed by atoms with van der Waals surface area (Å²) in [6.07, 6.45) is 1.51. The van der Waals surface area contributed by atoms with Gasteiger partial charge in [-0.25, -0.2) is 4.98 Å². The molecule has 0 amide bonds. The summed E-state index contributed by atoms with van der Waals surface area (Å²) in [5.74, 6) is 0. The normalized spacial score (nSPS) is 8.90. The van der Waals surface area contributed by atoms with E-state index in [1.54, 1.807) is 6.07 Å². The van der Waals surface area contributed by atoms with Crippen molar-refractivity contribution in [3.8, 4) is 6.07 Å². The molecule has 1 heterocycles. The van der Waals surface area contributed by atoms with Crippen LogP contribution < -0.4 is 0 Å². The Morgan fingerprint density at radius 1 is 1.50 bits per heavy atom. The molecule has 0 aromatic carbocycles. The molecule has 0 aliphatic rings. The lowest BCUT2D eigenvalue weighted by Gasteiger charge is -1.92. The lowest BCUT2D eigenvalue weighted by molar-refractivity contribution is 1.24. The van der Waals surface area contributed by atoms with Crippen LogP contribution in [-0.2, 0) is 0 Å². The predicted molar refractivity (Wildman–Crippen MR) is 44.4 cm³/mol. The summed E-state index contributed by atoms with van der Waals surface area (Å²) in [6.45, 7) is 0. The molecular formula is C6H2Br2N2. The first-order valence-electron chi connectivity index (χ1n) is 2.45. The minimum atomic E-state index is 0.551. The molecule has 0 aliphatic carbocycles. The van der Waals surface area contributed by atoms with Gasteiger partial charge in [-0.1, -0.05) is 0 Å². The van der Waals surface area contributed by atoms with Crippen LogP contribution in [0.2, 0.25) is 0 Å². The molecule has 0 saturated carbocycles. The number of rotatable bonds is 0. The van der Waals surface area contributed by atoms with Gasteiger partial charge in [0.15, 0.2) is 0 Å². The standard InChI is InChI=1S/C6H2Br2N2/c7-5-1-4(2-9)3-10-6(5)8/h1,3H. The van der Waals surface area contributed by atoms with E-state index in [9.17, 15) is 0 Å². The lowest BCUT2D eigenvalue weighted by atomic mass is 10.3. The van der Waals surface area contributed by atoms with Crippen LogP contribution in [0.1, 0.15) is 5.56 Å². The van der Waals surface area contributed by atoms with Crippen LogP contribution in [0, 0.1) is 11.3 Å². The Labute approximate surface area is 75.1 Å². The van der Waals surface area contributed by atoms with Crippen LogP contribution in [0.5, 0.6) is 0 Å². The zero-order valence-electron chi connectivity index (χ0n) is 4.81. The molecule has 1 aromatic rings. The van der Waals surface area contributed by atoms with Crippen molar-refractivity contribution in [2.45, 2.75) is 0 Å². The molecule has 0 radical (unpaired) electrons. The van der Waals surface area contributed by atoms with E-state index in [-0.39, 0.29) is 0 Å². The SMILES string of the molecule is N#Cc1cnc(Br)c(Br)c1. The molecule has 0 unspecified atom stereocenters. The average Bonchev–Trinajstić information content (AvgIpc) is 1.95. The van der Waals surface area contributed by atoms with E-state index in [1.165, 1.54) is 6.20 Å². The van der Waals surface area contributed by atoms with Crippen molar-refractivity contribution in [3.05, 3.63) is 26.9 Å². The zero-order valence-corrected chi connectivity index (χ0v) is 7.98. The van der Waals surface area contributed by atoms with Crippen molar-refractivity contribution in [2.24, 2.45) is 0 Å². The van der Waals surface area contributed by atoms with Crippen LogP contribution in [-0.4, -0.2) is 4.98 Å². The third-order valence-electron chi connectivity index (χ3n) is 0.925. The largest absolute Gasteiger partial charge is 0.247 e. The van der Waals surface area contributed by atoms with Crippen LogP contribution in [0.25, 0.3) is 0 Å². The first kappa shape index (κ1) is 7.70. The van der Waals surface area contributed by atoms with E-state index in [1.807, 2.05) is 6.07 Å². The van der Waals surface area contributed by atoms with Crippen LogP contribution >= 0.6 is 31.9 Å². The van der Waals surface area contributed by atoms with Gasteiger partial charge in [0.1, 0.15) is 10.7 Å².